The smallest absolute Gasteiger partial charge is 0.253 e. The minimum Gasteiger partial charge on any atom is -0.348 e. The molecular weight excluding hydrogens is 212 g/mol. The van der Waals surface area contributed by atoms with Gasteiger partial charge in [-0.15, -0.1) is 0 Å². The lowest BCUT2D eigenvalue weighted by atomic mass is 10.1. The molecule has 1 amide bonds. The summed E-state index contributed by atoms with van der Waals surface area (Å²) in [7, 11) is 0. The first-order chi connectivity index (χ1) is 7.09. The van der Waals surface area contributed by atoms with Gasteiger partial charge in [0.1, 0.15) is 0 Å². The highest BCUT2D eigenvalue weighted by atomic mass is 35.5. The Kier molecular flexibility index (Phi) is 2.67. The van der Waals surface area contributed by atoms with E-state index in [1.165, 1.54) is 0 Å². The molecule has 0 saturated heterocycles. The zero-order chi connectivity index (χ0) is 11.0. The van der Waals surface area contributed by atoms with Crippen LogP contribution in [-0.2, 0) is 0 Å². The van der Waals surface area contributed by atoms with Crippen molar-refractivity contribution >= 4 is 17.5 Å². The minimum absolute atomic E-state index is 0.109. The molecule has 1 aromatic carbocycles. The highest BCUT2D eigenvalue weighted by molar-refractivity contribution is 6.34. The van der Waals surface area contributed by atoms with Crippen molar-refractivity contribution in [2.24, 2.45) is 5.73 Å². The second-order valence-corrected chi connectivity index (χ2v) is 4.29. The predicted molar refractivity (Wildman–Crippen MR) is 60.0 cm³/mol. The quantitative estimate of drug-likeness (QED) is 0.800. The summed E-state index contributed by atoms with van der Waals surface area (Å²) < 4.78 is 0. The maximum Gasteiger partial charge on any atom is 0.253 e. The second-order valence-electron chi connectivity index (χ2n) is 3.92. The fourth-order valence-corrected chi connectivity index (χ4v) is 1.66. The van der Waals surface area contributed by atoms with Crippen molar-refractivity contribution in [1.29, 1.82) is 0 Å². The zero-order valence-corrected chi connectivity index (χ0v) is 9.21. The fraction of sp³-hybridized carbons (Fsp3) is 0.364. The standard InChI is InChI=1S/C11H13ClN2O/c1-6-3-2-4-7(10(6)12)11(15)14-9-5-8(9)13/h2-4,8-9H,5,13H2,1H3,(H,14,15). The molecule has 0 bridgehead atoms. The molecule has 3 N–H and O–H groups in total. The summed E-state index contributed by atoms with van der Waals surface area (Å²) in [6.07, 6.45) is 0.856. The van der Waals surface area contributed by atoms with Gasteiger partial charge in [0.05, 0.1) is 10.6 Å². The topological polar surface area (TPSA) is 55.1 Å². The molecule has 0 heterocycles. The molecule has 0 aliphatic heterocycles. The Morgan fingerprint density at radius 2 is 2.27 bits per heavy atom. The Bertz CT molecular complexity index is 406. The number of aryl methyl sites for hydroxylation is 1. The van der Waals surface area contributed by atoms with Crippen molar-refractivity contribution in [3.8, 4) is 0 Å². The van der Waals surface area contributed by atoms with E-state index in [0.717, 1.165) is 12.0 Å². The van der Waals surface area contributed by atoms with E-state index in [1.54, 1.807) is 6.07 Å². The lowest BCUT2D eigenvalue weighted by Crippen LogP contribution is -2.29. The number of hydrogen-bond donors (Lipinski definition) is 2. The second kappa shape index (κ2) is 3.83. The largest absolute Gasteiger partial charge is 0.348 e. The average Bonchev–Trinajstić information content (AvgIpc) is 2.86. The lowest BCUT2D eigenvalue weighted by Gasteiger charge is -2.07. The number of halogens is 1. The van der Waals surface area contributed by atoms with E-state index in [9.17, 15) is 4.79 Å². The van der Waals surface area contributed by atoms with Crippen molar-refractivity contribution in [2.45, 2.75) is 25.4 Å². The Labute approximate surface area is 93.6 Å². The summed E-state index contributed by atoms with van der Waals surface area (Å²) in [6.45, 7) is 1.88. The molecule has 0 spiro atoms. The monoisotopic (exact) mass is 224 g/mol. The molecule has 0 aromatic heterocycles. The number of rotatable bonds is 2. The van der Waals surface area contributed by atoms with Crippen LogP contribution >= 0.6 is 11.6 Å². The number of amides is 1. The van der Waals surface area contributed by atoms with Crippen LogP contribution in [0.1, 0.15) is 22.3 Å². The molecule has 3 nitrogen and oxygen atoms in total. The van der Waals surface area contributed by atoms with Gasteiger partial charge in [0, 0.05) is 12.1 Å². The van der Waals surface area contributed by atoms with Gasteiger partial charge in [-0.05, 0) is 25.0 Å². The molecule has 4 heteroatoms. The lowest BCUT2D eigenvalue weighted by molar-refractivity contribution is 0.0950. The Hall–Kier alpha value is -1.06. The number of benzene rings is 1. The van der Waals surface area contributed by atoms with Gasteiger partial charge in [0.25, 0.3) is 5.91 Å². The van der Waals surface area contributed by atoms with E-state index >= 15 is 0 Å². The minimum atomic E-state index is -0.137. The van der Waals surface area contributed by atoms with Crippen LogP contribution in [0.2, 0.25) is 5.02 Å². The van der Waals surface area contributed by atoms with Crippen LogP contribution < -0.4 is 11.1 Å². The van der Waals surface area contributed by atoms with E-state index in [-0.39, 0.29) is 18.0 Å². The first-order valence-electron chi connectivity index (χ1n) is 4.91. The molecule has 1 aliphatic carbocycles. The molecule has 1 aromatic rings. The Balaban J connectivity index is 2.14. The first kappa shape index (κ1) is 10.5. The normalized spacial score (nSPS) is 23.7. The summed E-state index contributed by atoms with van der Waals surface area (Å²) in [5.41, 5.74) is 7.04. The van der Waals surface area contributed by atoms with Crippen molar-refractivity contribution < 1.29 is 4.79 Å². The van der Waals surface area contributed by atoms with Gasteiger partial charge >= 0.3 is 0 Å². The molecule has 1 aliphatic rings. The number of hydrogen-bond acceptors (Lipinski definition) is 2. The Morgan fingerprint density at radius 1 is 1.60 bits per heavy atom. The van der Waals surface area contributed by atoms with E-state index in [1.807, 2.05) is 19.1 Å². The molecule has 1 fully saturated rings. The summed E-state index contributed by atoms with van der Waals surface area (Å²) in [5.74, 6) is -0.137. The first-order valence-corrected chi connectivity index (χ1v) is 5.29. The van der Waals surface area contributed by atoms with Crippen LogP contribution in [0.3, 0.4) is 0 Å². The van der Waals surface area contributed by atoms with Gasteiger partial charge in [-0.2, -0.15) is 0 Å². The summed E-state index contributed by atoms with van der Waals surface area (Å²) in [6, 6.07) is 5.65. The summed E-state index contributed by atoms with van der Waals surface area (Å²) in [5, 5.41) is 3.36. The molecule has 2 atom stereocenters. The predicted octanol–water partition coefficient (Wildman–Crippen LogP) is 1.48. The molecule has 0 radical (unpaired) electrons. The van der Waals surface area contributed by atoms with Crippen LogP contribution in [-0.4, -0.2) is 18.0 Å². The van der Waals surface area contributed by atoms with Crippen LogP contribution in [0.15, 0.2) is 18.2 Å². The van der Waals surface area contributed by atoms with Gasteiger partial charge in [0.2, 0.25) is 0 Å². The van der Waals surface area contributed by atoms with Crippen LogP contribution in [0.25, 0.3) is 0 Å². The molecule has 2 unspecified atom stereocenters. The van der Waals surface area contributed by atoms with Crippen molar-refractivity contribution in [2.75, 3.05) is 0 Å². The fourth-order valence-electron chi connectivity index (χ4n) is 1.45. The van der Waals surface area contributed by atoms with Crippen molar-refractivity contribution in [3.63, 3.8) is 0 Å². The molecule has 1 saturated carbocycles. The van der Waals surface area contributed by atoms with Crippen molar-refractivity contribution in [1.82, 2.24) is 5.32 Å². The summed E-state index contributed by atoms with van der Waals surface area (Å²) in [4.78, 5) is 11.8. The van der Waals surface area contributed by atoms with E-state index in [0.29, 0.717) is 10.6 Å². The Morgan fingerprint density at radius 3 is 2.87 bits per heavy atom. The van der Waals surface area contributed by atoms with Gasteiger partial charge in [-0.1, -0.05) is 23.7 Å². The third-order valence-electron chi connectivity index (χ3n) is 2.59. The van der Waals surface area contributed by atoms with Gasteiger partial charge in [-0.3, -0.25) is 4.79 Å². The highest BCUT2D eigenvalue weighted by Crippen LogP contribution is 2.23. The average molecular weight is 225 g/mol. The summed E-state index contributed by atoms with van der Waals surface area (Å²) >= 11 is 6.04. The van der Waals surface area contributed by atoms with Crippen LogP contribution in [0.4, 0.5) is 0 Å². The third kappa shape index (κ3) is 2.13. The van der Waals surface area contributed by atoms with Gasteiger partial charge < -0.3 is 11.1 Å². The number of nitrogens with two attached hydrogens (primary N) is 1. The highest BCUT2D eigenvalue weighted by Gasteiger charge is 2.35. The van der Waals surface area contributed by atoms with Crippen LogP contribution in [0.5, 0.6) is 0 Å². The molecule has 80 valence electrons. The molecule has 15 heavy (non-hydrogen) atoms. The molecule has 2 rings (SSSR count). The van der Waals surface area contributed by atoms with Crippen molar-refractivity contribution in [3.05, 3.63) is 34.3 Å². The maximum atomic E-state index is 11.8. The number of nitrogens with one attached hydrogen (secondary N) is 1. The van der Waals surface area contributed by atoms with Crippen LogP contribution in [0, 0.1) is 6.92 Å². The van der Waals surface area contributed by atoms with E-state index < -0.39 is 0 Å². The third-order valence-corrected chi connectivity index (χ3v) is 3.09. The van der Waals surface area contributed by atoms with Gasteiger partial charge in [-0.25, -0.2) is 0 Å². The maximum absolute atomic E-state index is 11.8. The number of carbonyl (C=O) groups is 1. The van der Waals surface area contributed by atoms with Gasteiger partial charge in [0.15, 0.2) is 0 Å². The van der Waals surface area contributed by atoms with E-state index in [4.69, 9.17) is 17.3 Å². The molecular formula is C11H13ClN2O. The number of carbonyl (C=O) groups excluding carboxylic acids is 1. The SMILES string of the molecule is Cc1cccc(C(=O)NC2CC2N)c1Cl. The van der Waals surface area contributed by atoms with E-state index in [2.05, 4.69) is 5.32 Å². The zero-order valence-electron chi connectivity index (χ0n) is 8.46.